The standard InChI is InChI=1S/C38H46FN3O10S/c1-27(50-35(44)37(2,3)4)51-36(45)40-33(34(43)49-22-19-41-17-20-48-21-18-41)24-28-9-8-12-32(23-28)53(46,47)42-25-38(26-42,29-10-6-5-7-11-29)52-31-15-13-30(39)14-16-31/h5-16,23,27,33H,17-22,24-26H2,1-4H3,(H,40,45)/t27?,33-/m0/s1. The first-order chi connectivity index (χ1) is 25.1. The second-order valence-corrected chi connectivity index (χ2v) is 15.9. The van der Waals surface area contributed by atoms with Crippen LogP contribution in [0.15, 0.2) is 83.8 Å². The van der Waals surface area contributed by atoms with Gasteiger partial charge in [-0.2, -0.15) is 4.31 Å². The van der Waals surface area contributed by atoms with Crippen LogP contribution in [-0.4, -0.2) is 101 Å². The Kier molecular flexibility index (Phi) is 12.8. The van der Waals surface area contributed by atoms with E-state index in [9.17, 15) is 27.2 Å². The molecule has 2 aliphatic heterocycles. The monoisotopic (exact) mass is 755 g/mol. The number of sulfonamides is 1. The lowest BCUT2D eigenvalue weighted by Gasteiger charge is -2.48. The summed E-state index contributed by atoms with van der Waals surface area (Å²) in [5, 5.41) is 2.50. The fourth-order valence-electron chi connectivity index (χ4n) is 5.76. The van der Waals surface area contributed by atoms with Gasteiger partial charge in [0, 0.05) is 33.0 Å². The van der Waals surface area contributed by atoms with Gasteiger partial charge in [-0.25, -0.2) is 22.4 Å². The summed E-state index contributed by atoms with van der Waals surface area (Å²) in [6, 6.07) is 19.5. The van der Waals surface area contributed by atoms with Gasteiger partial charge in [-0.3, -0.25) is 9.69 Å². The molecule has 0 spiro atoms. The summed E-state index contributed by atoms with van der Waals surface area (Å²) >= 11 is 0. The van der Waals surface area contributed by atoms with Gasteiger partial charge >= 0.3 is 18.0 Å². The summed E-state index contributed by atoms with van der Waals surface area (Å²) in [6.45, 7) is 9.38. The number of hydrogen-bond donors (Lipinski definition) is 1. The number of hydrogen-bond acceptors (Lipinski definition) is 11. The van der Waals surface area contributed by atoms with Crippen molar-refractivity contribution >= 4 is 28.1 Å². The van der Waals surface area contributed by atoms with E-state index in [1.807, 2.05) is 30.3 Å². The summed E-state index contributed by atoms with van der Waals surface area (Å²) in [4.78, 5) is 40.6. The molecule has 0 aliphatic carbocycles. The minimum Gasteiger partial charge on any atom is -0.480 e. The average Bonchev–Trinajstić information content (AvgIpc) is 3.10. The number of carbonyl (C=O) groups excluding carboxylic acids is 3. The second-order valence-electron chi connectivity index (χ2n) is 14.0. The van der Waals surface area contributed by atoms with Gasteiger partial charge in [0.05, 0.1) is 36.6 Å². The smallest absolute Gasteiger partial charge is 0.410 e. The lowest BCUT2D eigenvalue weighted by atomic mass is 9.87. The van der Waals surface area contributed by atoms with Gasteiger partial charge in [0.25, 0.3) is 0 Å². The highest BCUT2D eigenvalue weighted by atomic mass is 32.2. The summed E-state index contributed by atoms with van der Waals surface area (Å²) in [5.41, 5.74) is -0.658. The van der Waals surface area contributed by atoms with Crippen molar-refractivity contribution < 1.29 is 50.9 Å². The molecule has 2 fully saturated rings. The SMILES string of the molecule is CC(OC(=O)N[C@@H](Cc1cccc(S(=O)(=O)N2CC(Oc3ccc(F)cc3)(c3ccccc3)C2)c1)C(=O)OCCN1CCOCC1)OC(=O)C(C)(C)C. The van der Waals surface area contributed by atoms with Gasteiger partial charge in [-0.1, -0.05) is 42.5 Å². The first-order valence-corrected chi connectivity index (χ1v) is 18.8. The van der Waals surface area contributed by atoms with Crippen LogP contribution < -0.4 is 10.1 Å². The number of carbonyl (C=O) groups is 3. The highest BCUT2D eigenvalue weighted by Crippen LogP contribution is 2.40. The van der Waals surface area contributed by atoms with E-state index in [0.717, 1.165) is 5.56 Å². The molecule has 5 rings (SSSR count). The molecule has 0 bridgehead atoms. The molecule has 2 heterocycles. The molecule has 2 aliphatic rings. The van der Waals surface area contributed by atoms with Crippen molar-refractivity contribution in [2.24, 2.45) is 5.41 Å². The van der Waals surface area contributed by atoms with Crippen LogP contribution in [0.3, 0.4) is 0 Å². The molecule has 0 radical (unpaired) electrons. The third-order valence-corrected chi connectivity index (χ3v) is 10.5. The minimum absolute atomic E-state index is 0.00951. The summed E-state index contributed by atoms with van der Waals surface area (Å²) < 4.78 is 70.4. The molecule has 3 aromatic carbocycles. The maximum atomic E-state index is 13.9. The molecule has 1 unspecified atom stereocenters. The van der Waals surface area contributed by atoms with Crippen LogP contribution in [0, 0.1) is 11.2 Å². The van der Waals surface area contributed by atoms with Gasteiger partial charge in [0.2, 0.25) is 16.3 Å². The molecule has 286 valence electrons. The van der Waals surface area contributed by atoms with Crippen LogP contribution in [-0.2, 0) is 50.6 Å². The van der Waals surface area contributed by atoms with Crippen molar-refractivity contribution in [2.45, 2.75) is 56.9 Å². The van der Waals surface area contributed by atoms with Crippen LogP contribution in [0.5, 0.6) is 5.75 Å². The molecule has 0 aromatic heterocycles. The van der Waals surface area contributed by atoms with E-state index in [0.29, 0.717) is 44.2 Å². The van der Waals surface area contributed by atoms with E-state index in [2.05, 4.69) is 10.2 Å². The molecule has 2 saturated heterocycles. The first kappa shape index (κ1) is 39.6. The molecular formula is C38H46FN3O10S. The molecule has 15 heteroatoms. The van der Waals surface area contributed by atoms with Crippen LogP contribution in [0.2, 0.25) is 0 Å². The number of ether oxygens (including phenoxy) is 5. The summed E-state index contributed by atoms with van der Waals surface area (Å²) in [7, 11) is -4.05. The average molecular weight is 756 g/mol. The molecule has 13 nitrogen and oxygen atoms in total. The van der Waals surface area contributed by atoms with Crippen LogP contribution in [0.4, 0.5) is 9.18 Å². The van der Waals surface area contributed by atoms with E-state index in [1.54, 1.807) is 32.9 Å². The van der Waals surface area contributed by atoms with Crippen LogP contribution in [0.1, 0.15) is 38.8 Å². The number of benzene rings is 3. The van der Waals surface area contributed by atoms with Crippen molar-refractivity contribution in [3.8, 4) is 5.75 Å². The number of nitrogens with one attached hydrogen (secondary N) is 1. The quantitative estimate of drug-likeness (QED) is 0.186. The number of rotatable bonds is 14. The van der Waals surface area contributed by atoms with Crippen molar-refractivity contribution in [2.75, 3.05) is 52.5 Å². The Morgan fingerprint density at radius 3 is 2.28 bits per heavy atom. The number of alkyl carbamates (subject to hydrolysis) is 1. The number of nitrogens with zero attached hydrogens (tertiary/aromatic N) is 2. The predicted molar refractivity (Wildman–Crippen MR) is 191 cm³/mol. The van der Waals surface area contributed by atoms with Crippen molar-refractivity contribution in [1.29, 1.82) is 0 Å². The van der Waals surface area contributed by atoms with Gasteiger partial charge in [0.15, 0.2) is 5.60 Å². The van der Waals surface area contributed by atoms with E-state index in [1.165, 1.54) is 47.6 Å². The number of halogens is 1. The van der Waals surface area contributed by atoms with Crippen LogP contribution in [0.25, 0.3) is 0 Å². The normalized spacial score (nSPS) is 17.5. The summed E-state index contributed by atoms with van der Waals surface area (Å²) in [6.07, 6.45) is -2.41. The lowest BCUT2D eigenvalue weighted by Crippen LogP contribution is -2.64. The van der Waals surface area contributed by atoms with E-state index >= 15 is 0 Å². The highest BCUT2D eigenvalue weighted by molar-refractivity contribution is 7.89. The first-order valence-electron chi connectivity index (χ1n) is 17.4. The minimum atomic E-state index is -4.05. The fraction of sp³-hybridized carbons (Fsp3) is 0.447. The third kappa shape index (κ3) is 10.5. The number of esters is 2. The van der Waals surface area contributed by atoms with Gasteiger partial charge in [-0.15, -0.1) is 0 Å². The molecule has 2 atom stereocenters. The predicted octanol–water partition coefficient (Wildman–Crippen LogP) is 4.25. The zero-order chi connectivity index (χ0) is 38.2. The lowest BCUT2D eigenvalue weighted by molar-refractivity contribution is -0.174. The highest BCUT2D eigenvalue weighted by Gasteiger charge is 2.52. The number of morpholine rings is 1. The molecule has 53 heavy (non-hydrogen) atoms. The van der Waals surface area contributed by atoms with E-state index in [-0.39, 0.29) is 31.0 Å². The Morgan fingerprint density at radius 2 is 1.62 bits per heavy atom. The van der Waals surface area contributed by atoms with Crippen molar-refractivity contribution in [1.82, 2.24) is 14.5 Å². The molecular weight excluding hydrogens is 709 g/mol. The molecule has 1 amide bonds. The zero-order valence-electron chi connectivity index (χ0n) is 30.3. The Balaban J connectivity index is 1.29. The zero-order valence-corrected chi connectivity index (χ0v) is 31.1. The van der Waals surface area contributed by atoms with E-state index < -0.39 is 57.2 Å². The Bertz CT molecular complexity index is 1820. The van der Waals surface area contributed by atoms with E-state index in [4.69, 9.17) is 23.7 Å². The fourth-order valence-corrected chi connectivity index (χ4v) is 7.37. The van der Waals surface area contributed by atoms with Gasteiger partial charge in [0.1, 0.15) is 24.2 Å². The Hall–Kier alpha value is -4.57. The Morgan fingerprint density at radius 1 is 0.943 bits per heavy atom. The number of amides is 1. The van der Waals surface area contributed by atoms with Crippen molar-refractivity contribution in [3.63, 3.8) is 0 Å². The summed E-state index contributed by atoms with van der Waals surface area (Å²) in [5.74, 6) is -1.36. The molecule has 0 saturated carbocycles. The largest absolute Gasteiger partial charge is 0.480 e. The third-order valence-electron chi connectivity index (χ3n) is 8.76. The Labute approximate surface area is 309 Å². The molecule has 3 aromatic rings. The second kappa shape index (κ2) is 17.1. The topological polar surface area (TPSA) is 150 Å². The molecule has 1 N–H and O–H groups in total. The van der Waals surface area contributed by atoms with Crippen LogP contribution >= 0.6 is 0 Å². The van der Waals surface area contributed by atoms with Gasteiger partial charge in [-0.05, 0) is 68.3 Å². The van der Waals surface area contributed by atoms with Crippen molar-refractivity contribution in [3.05, 3.63) is 95.8 Å². The maximum Gasteiger partial charge on any atom is 0.410 e. The maximum absolute atomic E-state index is 13.9. The van der Waals surface area contributed by atoms with Gasteiger partial charge < -0.3 is 29.0 Å².